The summed E-state index contributed by atoms with van der Waals surface area (Å²) in [6, 6.07) is 11.1. The van der Waals surface area contributed by atoms with Gasteiger partial charge in [0.25, 0.3) is 0 Å². The fourth-order valence-corrected chi connectivity index (χ4v) is 2.61. The van der Waals surface area contributed by atoms with Crippen LogP contribution in [0.2, 0.25) is 0 Å². The van der Waals surface area contributed by atoms with Crippen molar-refractivity contribution in [1.82, 2.24) is 0 Å². The van der Waals surface area contributed by atoms with Gasteiger partial charge in [-0.1, -0.05) is 29.4 Å². The predicted molar refractivity (Wildman–Crippen MR) is 76.8 cm³/mol. The lowest BCUT2D eigenvalue weighted by atomic mass is 9.99. The van der Waals surface area contributed by atoms with Crippen molar-refractivity contribution < 1.29 is 14.0 Å². The number of hydrogen-bond acceptors (Lipinski definition) is 3. The number of anilines is 1. The van der Waals surface area contributed by atoms with Crippen molar-refractivity contribution in [1.29, 1.82) is 0 Å². The lowest BCUT2D eigenvalue weighted by Gasteiger charge is -2.31. The van der Waals surface area contributed by atoms with Crippen LogP contribution in [0.15, 0.2) is 47.6 Å². The molecule has 0 unspecified atom stereocenters. The normalized spacial score (nSPS) is 16.1. The zero-order chi connectivity index (χ0) is 14.8. The maximum absolute atomic E-state index is 13.8. The molecule has 0 saturated carbocycles. The number of hydrogen-bond donors (Lipinski definition) is 1. The molecule has 1 aliphatic rings. The van der Waals surface area contributed by atoms with Crippen molar-refractivity contribution >= 4 is 11.4 Å². The Balaban J connectivity index is 1.93. The molecule has 2 aromatic carbocycles. The fourth-order valence-electron chi connectivity index (χ4n) is 2.61. The molecule has 0 spiro atoms. The number of oxime groups is 1. The third-order valence-corrected chi connectivity index (χ3v) is 3.67. The van der Waals surface area contributed by atoms with Crippen LogP contribution < -0.4 is 4.90 Å². The Labute approximate surface area is 121 Å². The maximum atomic E-state index is 13.8. The Kier molecular flexibility index (Phi) is 3.56. The Morgan fingerprint density at radius 3 is 2.71 bits per heavy atom. The van der Waals surface area contributed by atoms with Gasteiger partial charge in [0, 0.05) is 42.4 Å². The van der Waals surface area contributed by atoms with Gasteiger partial charge in [-0.05, 0) is 12.1 Å². The van der Waals surface area contributed by atoms with Gasteiger partial charge in [0.05, 0.1) is 5.71 Å². The van der Waals surface area contributed by atoms with Gasteiger partial charge in [-0.15, -0.1) is 0 Å². The third kappa shape index (κ3) is 2.59. The van der Waals surface area contributed by atoms with Gasteiger partial charge in [-0.3, -0.25) is 0 Å². The molecule has 2 aromatic rings. The highest BCUT2D eigenvalue weighted by Crippen LogP contribution is 2.29. The van der Waals surface area contributed by atoms with E-state index in [9.17, 15) is 8.78 Å². The minimum atomic E-state index is -0.579. The first-order valence-electron chi connectivity index (χ1n) is 6.68. The van der Waals surface area contributed by atoms with E-state index < -0.39 is 11.6 Å². The number of benzene rings is 2. The molecule has 21 heavy (non-hydrogen) atoms. The van der Waals surface area contributed by atoms with E-state index >= 15 is 0 Å². The summed E-state index contributed by atoms with van der Waals surface area (Å²) < 4.78 is 26.8. The van der Waals surface area contributed by atoms with Crippen LogP contribution in [0.1, 0.15) is 17.5 Å². The summed E-state index contributed by atoms with van der Waals surface area (Å²) in [6.45, 7) is 0.967. The molecular formula is C16H14F2N2O. The van der Waals surface area contributed by atoms with Gasteiger partial charge in [-0.25, -0.2) is 8.78 Å². The van der Waals surface area contributed by atoms with Crippen molar-refractivity contribution in [3.63, 3.8) is 0 Å². The first kappa shape index (κ1) is 13.5. The van der Waals surface area contributed by atoms with Gasteiger partial charge in [0.2, 0.25) is 0 Å². The van der Waals surface area contributed by atoms with Crippen molar-refractivity contribution in [3.8, 4) is 0 Å². The van der Waals surface area contributed by atoms with E-state index in [-0.39, 0.29) is 0 Å². The molecule has 0 aromatic heterocycles. The summed E-state index contributed by atoms with van der Waals surface area (Å²) in [5, 5.41) is 12.4. The highest BCUT2D eigenvalue weighted by atomic mass is 19.1. The van der Waals surface area contributed by atoms with Gasteiger partial charge in [0.15, 0.2) is 0 Å². The Bertz CT molecular complexity index is 700. The molecule has 1 N–H and O–H groups in total. The highest BCUT2D eigenvalue weighted by molar-refractivity contribution is 6.06. The van der Waals surface area contributed by atoms with E-state index in [1.165, 1.54) is 12.1 Å². The predicted octanol–water partition coefficient (Wildman–Crippen LogP) is 3.55. The molecule has 3 rings (SSSR count). The molecule has 0 bridgehead atoms. The number of para-hydroxylation sites is 1. The number of nitrogens with zero attached hydrogens (tertiary/aromatic N) is 2. The Morgan fingerprint density at radius 2 is 1.95 bits per heavy atom. The summed E-state index contributed by atoms with van der Waals surface area (Å²) in [5.74, 6) is -1.13. The molecule has 0 atom stereocenters. The quantitative estimate of drug-likeness (QED) is 0.677. The van der Waals surface area contributed by atoms with E-state index in [1.807, 2.05) is 29.2 Å². The van der Waals surface area contributed by atoms with Gasteiger partial charge in [-0.2, -0.15) is 0 Å². The summed E-state index contributed by atoms with van der Waals surface area (Å²) in [7, 11) is 0. The molecular weight excluding hydrogens is 274 g/mol. The summed E-state index contributed by atoms with van der Waals surface area (Å²) in [4.78, 5) is 2.00. The van der Waals surface area contributed by atoms with Crippen LogP contribution in [0.5, 0.6) is 0 Å². The minimum Gasteiger partial charge on any atom is -0.411 e. The van der Waals surface area contributed by atoms with Crippen LogP contribution >= 0.6 is 0 Å². The lowest BCUT2D eigenvalue weighted by Crippen LogP contribution is -2.32. The largest absolute Gasteiger partial charge is 0.411 e. The number of rotatable bonds is 2. The van der Waals surface area contributed by atoms with Crippen molar-refractivity contribution in [2.45, 2.75) is 13.0 Å². The van der Waals surface area contributed by atoms with Crippen LogP contribution in [-0.4, -0.2) is 17.5 Å². The summed E-state index contributed by atoms with van der Waals surface area (Å²) >= 11 is 0. The number of fused-ring (bicyclic) bond motifs is 1. The van der Waals surface area contributed by atoms with Crippen LogP contribution in [0.4, 0.5) is 14.5 Å². The first-order chi connectivity index (χ1) is 10.2. The Morgan fingerprint density at radius 1 is 1.14 bits per heavy atom. The number of halogens is 2. The minimum absolute atomic E-state index is 0.349. The van der Waals surface area contributed by atoms with Crippen molar-refractivity contribution in [2.75, 3.05) is 11.4 Å². The molecule has 5 heteroatoms. The van der Waals surface area contributed by atoms with E-state index in [4.69, 9.17) is 5.21 Å². The van der Waals surface area contributed by atoms with Crippen LogP contribution in [-0.2, 0) is 6.54 Å². The highest BCUT2D eigenvalue weighted by Gasteiger charge is 2.22. The van der Waals surface area contributed by atoms with Crippen LogP contribution in [0.25, 0.3) is 0 Å². The zero-order valence-electron chi connectivity index (χ0n) is 11.3. The second kappa shape index (κ2) is 5.52. The van der Waals surface area contributed by atoms with Crippen LogP contribution in [0.3, 0.4) is 0 Å². The summed E-state index contributed by atoms with van der Waals surface area (Å²) in [6.07, 6.45) is 0.580. The average Bonchev–Trinajstić information content (AvgIpc) is 2.50. The molecule has 1 heterocycles. The second-order valence-electron chi connectivity index (χ2n) is 4.97. The van der Waals surface area contributed by atoms with Gasteiger partial charge >= 0.3 is 0 Å². The fraction of sp³-hybridized carbons (Fsp3) is 0.188. The lowest BCUT2D eigenvalue weighted by molar-refractivity contribution is 0.317. The molecule has 3 nitrogen and oxygen atoms in total. The van der Waals surface area contributed by atoms with Crippen LogP contribution in [0, 0.1) is 11.6 Å². The van der Waals surface area contributed by atoms with E-state index in [0.717, 1.165) is 17.3 Å². The van der Waals surface area contributed by atoms with Crippen molar-refractivity contribution in [2.24, 2.45) is 5.16 Å². The molecule has 1 aliphatic heterocycles. The Hall–Kier alpha value is -2.43. The third-order valence-electron chi connectivity index (χ3n) is 3.67. The molecule has 0 aliphatic carbocycles. The second-order valence-corrected chi connectivity index (χ2v) is 4.97. The molecule has 0 saturated heterocycles. The van der Waals surface area contributed by atoms with Gasteiger partial charge in [0.1, 0.15) is 11.6 Å². The van der Waals surface area contributed by atoms with Gasteiger partial charge < -0.3 is 10.1 Å². The summed E-state index contributed by atoms with van der Waals surface area (Å²) in [5.41, 5.74) is 2.80. The first-order valence-corrected chi connectivity index (χ1v) is 6.68. The smallest absolute Gasteiger partial charge is 0.131 e. The molecule has 108 valence electrons. The molecule has 0 fully saturated rings. The SMILES string of the molecule is ON=C1CCN(Cc2ccc(F)cc2F)c2ccccc21. The average molecular weight is 288 g/mol. The standard InChI is InChI=1S/C16H14F2N2O/c17-12-6-5-11(14(18)9-12)10-20-8-7-15(19-21)13-3-1-2-4-16(13)20/h1-6,9,21H,7-8,10H2. The monoisotopic (exact) mass is 288 g/mol. The van der Waals surface area contributed by atoms with Crippen molar-refractivity contribution in [3.05, 3.63) is 65.2 Å². The zero-order valence-corrected chi connectivity index (χ0v) is 11.3. The molecule has 0 radical (unpaired) electrons. The maximum Gasteiger partial charge on any atom is 0.131 e. The van der Waals surface area contributed by atoms with E-state index in [0.29, 0.717) is 30.8 Å². The van der Waals surface area contributed by atoms with E-state index in [1.54, 1.807) is 0 Å². The van der Waals surface area contributed by atoms with E-state index in [2.05, 4.69) is 5.16 Å². The molecule has 0 amide bonds. The topological polar surface area (TPSA) is 35.8 Å².